The molecule has 0 N–H and O–H groups in total. The molecule has 0 aliphatic carbocycles. The fourth-order valence-corrected chi connectivity index (χ4v) is 1.19. The third kappa shape index (κ3) is 1.53. The standard InChI is InChI=1S/C9H12N4O/c1-6(2)14-9-12-7(3)11-8-4-5-10-13(8)9/h4-6H,1-3H3. The molecule has 0 aliphatic rings. The highest BCUT2D eigenvalue weighted by Crippen LogP contribution is 2.10. The Morgan fingerprint density at radius 3 is 2.86 bits per heavy atom. The molecule has 0 radical (unpaired) electrons. The Kier molecular flexibility index (Phi) is 2.07. The number of ether oxygens (including phenoxy) is 1. The van der Waals surface area contributed by atoms with Gasteiger partial charge in [0.2, 0.25) is 0 Å². The van der Waals surface area contributed by atoms with E-state index in [4.69, 9.17) is 4.74 Å². The highest BCUT2D eigenvalue weighted by molar-refractivity contribution is 5.37. The van der Waals surface area contributed by atoms with Crippen LogP contribution in [0.2, 0.25) is 0 Å². The number of nitrogens with zero attached hydrogens (tertiary/aromatic N) is 4. The van der Waals surface area contributed by atoms with Crippen molar-refractivity contribution in [1.29, 1.82) is 0 Å². The number of aryl methyl sites for hydroxylation is 1. The van der Waals surface area contributed by atoms with Gasteiger partial charge in [0.1, 0.15) is 5.82 Å². The Bertz CT molecular complexity index is 449. The molecule has 0 unspecified atom stereocenters. The van der Waals surface area contributed by atoms with E-state index >= 15 is 0 Å². The minimum absolute atomic E-state index is 0.0803. The van der Waals surface area contributed by atoms with E-state index in [0.717, 1.165) is 5.65 Å². The fourth-order valence-electron chi connectivity index (χ4n) is 1.19. The molecule has 0 atom stereocenters. The second kappa shape index (κ2) is 3.25. The van der Waals surface area contributed by atoms with Gasteiger partial charge in [-0.05, 0) is 20.8 Å². The first kappa shape index (κ1) is 8.93. The van der Waals surface area contributed by atoms with Crippen molar-refractivity contribution in [2.45, 2.75) is 26.9 Å². The summed E-state index contributed by atoms with van der Waals surface area (Å²) in [6.45, 7) is 5.74. The lowest BCUT2D eigenvalue weighted by Crippen LogP contribution is -2.12. The largest absolute Gasteiger partial charge is 0.461 e. The van der Waals surface area contributed by atoms with E-state index in [-0.39, 0.29) is 6.10 Å². The molecular weight excluding hydrogens is 180 g/mol. The molecule has 5 nitrogen and oxygen atoms in total. The molecule has 2 aromatic rings. The zero-order valence-electron chi connectivity index (χ0n) is 8.43. The maximum atomic E-state index is 5.52. The van der Waals surface area contributed by atoms with Crippen molar-refractivity contribution in [2.24, 2.45) is 0 Å². The van der Waals surface area contributed by atoms with Crippen molar-refractivity contribution in [1.82, 2.24) is 19.6 Å². The molecule has 2 aromatic heterocycles. The van der Waals surface area contributed by atoms with Crippen molar-refractivity contribution in [3.05, 3.63) is 18.1 Å². The van der Waals surface area contributed by atoms with Crippen LogP contribution in [0.3, 0.4) is 0 Å². The quantitative estimate of drug-likeness (QED) is 0.717. The van der Waals surface area contributed by atoms with Crippen LogP contribution in [0.4, 0.5) is 0 Å². The zero-order chi connectivity index (χ0) is 10.1. The van der Waals surface area contributed by atoms with Gasteiger partial charge in [-0.2, -0.15) is 14.6 Å². The summed E-state index contributed by atoms with van der Waals surface area (Å²) in [5, 5.41) is 4.08. The van der Waals surface area contributed by atoms with E-state index in [0.29, 0.717) is 11.8 Å². The van der Waals surface area contributed by atoms with Gasteiger partial charge in [0.05, 0.1) is 12.3 Å². The molecule has 0 saturated carbocycles. The lowest BCUT2D eigenvalue weighted by Gasteiger charge is -2.09. The van der Waals surface area contributed by atoms with Crippen LogP contribution in [0, 0.1) is 6.92 Å². The molecule has 0 aromatic carbocycles. The number of aromatic nitrogens is 4. The van der Waals surface area contributed by atoms with Gasteiger partial charge >= 0.3 is 6.01 Å². The lowest BCUT2D eigenvalue weighted by atomic mass is 10.5. The van der Waals surface area contributed by atoms with Crippen LogP contribution in [-0.4, -0.2) is 25.7 Å². The predicted octanol–water partition coefficient (Wildman–Crippen LogP) is 1.22. The van der Waals surface area contributed by atoms with Gasteiger partial charge in [0, 0.05) is 6.07 Å². The van der Waals surface area contributed by atoms with Crippen molar-refractivity contribution < 1.29 is 4.74 Å². The van der Waals surface area contributed by atoms with Crippen LogP contribution in [0.25, 0.3) is 5.65 Å². The molecule has 0 spiro atoms. The van der Waals surface area contributed by atoms with Crippen LogP contribution in [0.15, 0.2) is 12.3 Å². The predicted molar refractivity (Wildman–Crippen MR) is 51.3 cm³/mol. The smallest absolute Gasteiger partial charge is 0.321 e. The van der Waals surface area contributed by atoms with Gasteiger partial charge in [0.15, 0.2) is 5.65 Å². The van der Waals surface area contributed by atoms with Gasteiger partial charge in [-0.3, -0.25) is 0 Å². The van der Waals surface area contributed by atoms with E-state index in [1.807, 2.05) is 26.8 Å². The molecule has 74 valence electrons. The Hall–Kier alpha value is -1.65. The average Bonchev–Trinajstić information content (AvgIpc) is 2.50. The van der Waals surface area contributed by atoms with Crippen molar-refractivity contribution >= 4 is 5.65 Å². The molecule has 0 saturated heterocycles. The summed E-state index contributed by atoms with van der Waals surface area (Å²) < 4.78 is 7.11. The number of hydrogen-bond acceptors (Lipinski definition) is 4. The van der Waals surface area contributed by atoms with E-state index < -0.39 is 0 Å². The Balaban J connectivity index is 2.55. The Labute approximate surface area is 81.8 Å². The maximum Gasteiger partial charge on any atom is 0.321 e. The monoisotopic (exact) mass is 192 g/mol. The van der Waals surface area contributed by atoms with Gasteiger partial charge in [0.25, 0.3) is 0 Å². The third-order valence-electron chi connectivity index (χ3n) is 1.68. The molecule has 0 bridgehead atoms. The topological polar surface area (TPSA) is 52.3 Å². The molecule has 0 fully saturated rings. The summed E-state index contributed by atoms with van der Waals surface area (Å²) in [5.74, 6) is 0.689. The highest BCUT2D eigenvalue weighted by atomic mass is 16.5. The minimum atomic E-state index is 0.0803. The average molecular weight is 192 g/mol. The molecule has 2 heterocycles. The molecule has 0 amide bonds. The first-order valence-electron chi connectivity index (χ1n) is 4.52. The van der Waals surface area contributed by atoms with E-state index in [9.17, 15) is 0 Å². The van der Waals surface area contributed by atoms with Crippen LogP contribution in [0.5, 0.6) is 6.01 Å². The number of hydrogen-bond donors (Lipinski definition) is 0. The van der Waals surface area contributed by atoms with Gasteiger partial charge in [-0.15, -0.1) is 0 Å². The SMILES string of the molecule is Cc1nc(OC(C)C)n2nccc2n1. The van der Waals surface area contributed by atoms with Crippen LogP contribution in [0.1, 0.15) is 19.7 Å². The molecule has 5 heteroatoms. The minimum Gasteiger partial charge on any atom is -0.461 e. The zero-order valence-corrected chi connectivity index (χ0v) is 8.43. The summed E-state index contributed by atoms with van der Waals surface area (Å²) in [5.41, 5.74) is 0.758. The van der Waals surface area contributed by atoms with Gasteiger partial charge < -0.3 is 4.74 Å². The summed E-state index contributed by atoms with van der Waals surface area (Å²) in [4.78, 5) is 8.39. The maximum absolute atomic E-state index is 5.52. The van der Waals surface area contributed by atoms with Crippen LogP contribution >= 0.6 is 0 Å². The highest BCUT2D eigenvalue weighted by Gasteiger charge is 2.08. The number of fused-ring (bicyclic) bond motifs is 1. The third-order valence-corrected chi connectivity index (χ3v) is 1.68. The molecular formula is C9H12N4O. The summed E-state index contributed by atoms with van der Waals surface area (Å²) >= 11 is 0. The number of rotatable bonds is 2. The molecule has 14 heavy (non-hydrogen) atoms. The first-order valence-corrected chi connectivity index (χ1v) is 4.52. The fraction of sp³-hybridized carbons (Fsp3) is 0.444. The Morgan fingerprint density at radius 2 is 2.14 bits per heavy atom. The normalized spacial score (nSPS) is 11.1. The van der Waals surface area contributed by atoms with Gasteiger partial charge in [-0.1, -0.05) is 0 Å². The summed E-state index contributed by atoms with van der Waals surface area (Å²) in [6, 6.07) is 2.31. The molecule has 2 rings (SSSR count). The lowest BCUT2D eigenvalue weighted by molar-refractivity contribution is 0.214. The van der Waals surface area contributed by atoms with Crippen molar-refractivity contribution in [3.8, 4) is 6.01 Å². The van der Waals surface area contributed by atoms with Crippen LogP contribution < -0.4 is 4.74 Å². The molecule has 0 aliphatic heterocycles. The Morgan fingerprint density at radius 1 is 1.36 bits per heavy atom. The second-order valence-corrected chi connectivity index (χ2v) is 3.32. The summed E-state index contributed by atoms with van der Waals surface area (Å²) in [7, 11) is 0. The van der Waals surface area contributed by atoms with Crippen LogP contribution in [-0.2, 0) is 0 Å². The summed E-state index contributed by atoms with van der Waals surface area (Å²) in [6.07, 6.45) is 1.76. The second-order valence-electron chi connectivity index (χ2n) is 3.32. The van der Waals surface area contributed by atoms with Gasteiger partial charge in [-0.25, -0.2) is 4.98 Å². The van der Waals surface area contributed by atoms with E-state index in [2.05, 4.69) is 15.1 Å². The van der Waals surface area contributed by atoms with Crippen molar-refractivity contribution in [2.75, 3.05) is 0 Å². The first-order chi connectivity index (χ1) is 6.66. The van der Waals surface area contributed by atoms with E-state index in [1.54, 1.807) is 10.7 Å². The van der Waals surface area contributed by atoms with E-state index in [1.165, 1.54) is 0 Å². The van der Waals surface area contributed by atoms with Crippen molar-refractivity contribution in [3.63, 3.8) is 0 Å².